The van der Waals surface area contributed by atoms with E-state index in [1.54, 1.807) is 0 Å². The average Bonchev–Trinajstić information content (AvgIpc) is 2.71. The molecular weight excluding hydrogens is 352 g/mol. The highest BCUT2D eigenvalue weighted by Crippen LogP contribution is 2.17. The maximum Gasteiger partial charge on any atom is 0.191 e. The first-order valence-corrected chi connectivity index (χ1v) is 10.7. The third-order valence-corrected chi connectivity index (χ3v) is 4.98. The number of aliphatic hydroxyl groups excluding tert-OH is 1. The van der Waals surface area contributed by atoms with E-state index in [2.05, 4.69) is 60.6 Å². The van der Waals surface area contributed by atoms with Gasteiger partial charge in [0.2, 0.25) is 0 Å². The third-order valence-electron chi connectivity index (χ3n) is 4.98. The molecule has 0 saturated carbocycles. The van der Waals surface area contributed by atoms with Crippen molar-refractivity contribution in [2.75, 3.05) is 50.9 Å². The van der Waals surface area contributed by atoms with Gasteiger partial charge in [-0.1, -0.05) is 26.0 Å². The molecule has 0 bridgehead atoms. The second kappa shape index (κ2) is 12.6. The zero-order valence-electron chi connectivity index (χ0n) is 17.8. The summed E-state index contributed by atoms with van der Waals surface area (Å²) in [5.41, 5.74) is 2.45. The zero-order chi connectivity index (χ0) is 20.2. The van der Waals surface area contributed by atoms with Crippen LogP contribution in [-0.4, -0.2) is 57.1 Å². The normalized spacial score (nSPS) is 16.3. The van der Waals surface area contributed by atoms with Crippen molar-refractivity contribution in [1.82, 2.24) is 10.6 Å². The van der Waals surface area contributed by atoms with E-state index in [-0.39, 0.29) is 6.61 Å². The first-order chi connectivity index (χ1) is 13.6. The molecule has 1 saturated heterocycles. The number of nitrogens with zero attached hydrogens (tertiary/aromatic N) is 2. The molecule has 0 amide bonds. The third kappa shape index (κ3) is 8.07. The molecule has 3 N–H and O–H groups in total. The number of hydrogen-bond donors (Lipinski definition) is 3. The molecule has 0 aliphatic carbocycles. The molecule has 1 heterocycles. The highest BCUT2D eigenvalue weighted by atomic mass is 16.5. The van der Waals surface area contributed by atoms with E-state index >= 15 is 0 Å². The number of hydrogen-bond acceptors (Lipinski definition) is 4. The van der Waals surface area contributed by atoms with E-state index in [9.17, 15) is 5.11 Å². The van der Waals surface area contributed by atoms with Crippen LogP contribution in [0.15, 0.2) is 29.3 Å². The van der Waals surface area contributed by atoms with Gasteiger partial charge in [-0.3, -0.25) is 0 Å². The van der Waals surface area contributed by atoms with Crippen LogP contribution in [0.3, 0.4) is 0 Å². The Labute approximate surface area is 170 Å². The second-order valence-electron chi connectivity index (χ2n) is 7.85. The summed E-state index contributed by atoms with van der Waals surface area (Å²) in [5.74, 6) is 1.93. The van der Waals surface area contributed by atoms with Crippen molar-refractivity contribution >= 4 is 11.6 Å². The minimum atomic E-state index is 0.238. The summed E-state index contributed by atoms with van der Waals surface area (Å²) in [5, 5.41) is 16.1. The first-order valence-electron chi connectivity index (χ1n) is 10.7. The monoisotopic (exact) mass is 390 g/mol. The number of rotatable bonds is 10. The number of nitrogens with one attached hydrogen (secondary N) is 2. The predicted octanol–water partition coefficient (Wildman–Crippen LogP) is 2.62. The van der Waals surface area contributed by atoms with Crippen molar-refractivity contribution in [1.29, 1.82) is 0 Å². The van der Waals surface area contributed by atoms with Gasteiger partial charge in [0.05, 0.1) is 19.8 Å². The van der Waals surface area contributed by atoms with Crippen LogP contribution >= 0.6 is 0 Å². The number of guanidine groups is 1. The van der Waals surface area contributed by atoms with Gasteiger partial charge >= 0.3 is 0 Å². The fourth-order valence-corrected chi connectivity index (χ4v) is 3.54. The molecule has 2 rings (SSSR count). The fraction of sp³-hybridized carbons (Fsp3) is 0.682. The van der Waals surface area contributed by atoms with Crippen LogP contribution in [0.5, 0.6) is 0 Å². The van der Waals surface area contributed by atoms with Gasteiger partial charge in [-0.2, -0.15) is 0 Å². The Bertz CT molecular complexity index is 568. The smallest absolute Gasteiger partial charge is 0.191 e. The minimum absolute atomic E-state index is 0.238. The maximum atomic E-state index is 9.30. The van der Waals surface area contributed by atoms with Gasteiger partial charge in [0.15, 0.2) is 5.96 Å². The zero-order valence-corrected chi connectivity index (χ0v) is 17.8. The van der Waals surface area contributed by atoms with E-state index in [4.69, 9.17) is 9.73 Å². The van der Waals surface area contributed by atoms with Crippen molar-refractivity contribution in [3.8, 4) is 0 Å². The van der Waals surface area contributed by atoms with Crippen LogP contribution in [0, 0.1) is 11.8 Å². The maximum absolute atomic E-state index is 9.30. The number of ether oxygens (including phenoxy) is 1. The molecule has 0 radical (unpaired) electrons. The van der Waals surface area contributed by atoms with Crippen molar-refractivity contribution < 1.29 is 9.84 Å². The Morgan fingerprint density at radius 1 is 1.18 bits per heavy atom. The highest BCUT2D eigenvalue weighted by Gasteiger charge is 2.12. The molecule has 158 valence electrons. The van der Waals surface area contributed by atoms with Gasteiger partial charge in [0.1, 0.15) is 0 Å². The summed E-state index contributed by atoms with van der Waals surface area (Å²) in [4.78, 5) is 7.09. The Hall–Kier alpha value is -1.79. The minimum Gasteiger partial charge on any atom is -0.396 e. The fourth-order valence-electron chi connectivity index (χ4n) is 3.54. The molecule has 1 fully saturated rings. The molecule has 6 nitrogen and oxygen atoms in total. The number of aliphatic imine (C=N–C) groups is 1. The summed E-state index contributed by atoms with van der Waals surface area (Å²) in [6.45, 7) is 12.6. The van der Waals surface area contributed by atoms with Gasteiger partial charge in [-0.05, 0) is 49.3 Å². The largest absolute Gasteiger partial charge is 0.396 e. The topological polar surface area (TPSA) is 69.1 Å². The van der Waals surface area contributed by atoms with Gasteiger partial charge in [-0.25, -0.2) is 4.99 Å². The molecule has 1 aliphatic rings. The molecule has 1 aromatic rings. The Morgan fingerprint density at radius 2 is 1.89 bits per heavy atom. The van der Waals surface area contributed by atoms with Gasteiger partial charge in [0, 0.05) is 38.5 Å². The van der Waals surface area contributed by atoms with E-state index < -0.39 is 0 Å². The van der Waals surface area contributed by atoms with Crippen molar-refractivity contribution in [2.24, 2.45) is 16.8 Å². The molecule has 1 aromatic carbocycles. The van der Waals surface area contributed by atoms with Crippen molar-refractivity contribution in [2.45, 2.75) is 40.2 Å². The number of benzene rings is 1. The molecule has 1 atom stereocenters. The summed E-state index contributed by atoms with van der Waals surface area (Å²) in [6.07, 6.45) is 1.93. The lowest BCUT2D eigenvalue weighted by Gasteiger charge is -2.28. The van der Waals surface area contributed by atoms with Gasteiger partial charge in [0.25, 0.3) is 0 Å². The quantitative estimate of drug-likeness (QED) is 0.423. The van der Waals surface area contributed by atoms with E-state index in [0.717, 1.165) is 58.2 Å². The van der Waals surface area contributed by atoms with E-state index in [0.29, 0.717) is 18.4 Å². The summed E-state index contributed by atoms with van der Waals surface area (Å²) >= 11 is 0. The molecule has 1 aliphatic heterocycles. The lowest BCUT2D eigenvalue weighted by molar-refractivity contribution is 0.122. The molecule has 0 aromatic heterocycles. The number of aliphatic hydroxyl groups is 1. The van der Waals surface area contributed by atoms with Crippen LogP contribution in [0.2, 0.25) is 0 Å². The summed E-state index contributed by atoms with van der Waals surface area (Å²) in [6, 6.07) is 8.67. The van der Waals surface area contributed by atoms with Crippen LogP contribution < -0.4 is 15.5 Å². The van der Waals surface area contributed by atoms with Gasteiger partial charge in [-0.15, -0.1) is 0 Å². The van der Waals surface area contributed by atoms with Crippen molar-refractivity contribution in [3.63, 3.8) is 0 Å². The number of anilines is 1. The van der Waals surface area contributed by atoms with Crippen LogP contribution in [0.25, 0.3) is 0 Å². The van der Waals surface area contributed by atoms with E-state index in [1.165, 1.54) is 11.3 Å². The predicted molar refractivity (Wildman–Crippen MR) is 117 cm³/mol. The molecule has 28 heavy (non-hydrogen) atoms. The lowest BCUT2D eigenvalue weighted by Crippen LogP contribution is -2.40. The van der Waals surface area contributed by atoms with Gasteiger partial charge < -0.3 is 25.4 Å². The van der Waals surface area contributed by atoms with Crippen molar-refractivity contribution in [3.05, 3.63) is 29.8 Å². The molecular formula is C22H38N4O2. The second-order valence-corrected chi connectivity index (χ2v) is 7.85. The summed E-state index contributed by atoms with van der Waals surface area (Å²) in [7, 11) is 0. The van der Waals surface area contributed by atoms with Crippen LogP contribution in [0.4, 0.5) is 5.69 Å². The lowest BCUT2D eigenvalue weighted by atomic mass is 9.94. The molecule has 0 spiro atoms. The summed E-state index contributed by atoms with van der Waals surface area (Å²) < 4.78 is 5.42. The average molecular weight is 391 g/mol. The molecule has 6 heteroatoms. The van der Waals surface area contributed by atoms with Crippen LogP contribution in [-0.2, 0) is 11.3 Å². The highest BCUT2D eigenvalue weighted by molar-refractivity contribution is 5.79. The Morgan fingerprint density at radius 3 is 2.50 bits per heavy atom. The van der Waals surface area contributed by atoms with Crippen LogP contribution in [0.1, 0.15) is 39.2 Å². The number of morpholine rings is 1. The Kier molecular flexibility index (Phi) is 10.1. The van der Waals surface area contributed by atoms with E-state index in [1.807, 2.05) is 0 Å². The SMILES string of the molecule is CCNC(=NCc1ccc(N2CCOCC2)cc1)NCC(CCO)CC(C)C. The standard InChI is InChI=1S/C22H38N4O2/c1-4-23-22(25-17-20(9-12-27)15-18(2)3)24-16-19-5-7-21(8-6-19)26-10-13-28-14-11-26/h5-8,18,20,27H,4,9-17H2,1-3H3,(H2,23,24,25). The first kappa shape index (κ1) is 22.5. The molecule has 1 unspecified atom stereocenters. The Balaban J connectivity index is 1.89.